The number of nitrogens with two attached hydrogens (primary N) is 1. The highest BCUT2D eigenvalue weighted by molar-refractivity contribution is 5.94. The molecular formula is C35H57ClN2O. The van der Waals surface area contributed by atoms with Gasteiger partial charge in [-0.05, 0) is 128 Å². The van der Waals surface area contributed by atoms with Gasteiger partial charge < -0.3 is 11.1 Å². The molecule has 1 aromatic rings. The highest BCUT2D eigenvalue weighted by atomic mass is 35.5. The lowest BCUT2D eigenvalue weighted by Gasteiger charge is -2.61. The first-order valence-electron chi connectivity index (χ1n) is 16.3. The first kappa shape index (κ1) is 30.9. The molecule has 220 valence electrons. The molecule has 0 aromatic heterocycles. The largest absolute Gasteiger partial charge is 0.349 e. The summed E-state index contributed by atoms with van der Waals surface area (Å²) >= 11 is 0. The maximum absolute atomic E-state index is 13.0. The van der Waals surface area contributed by atoms with E-state index in [0.717, 1.165) is 59.0 Å². The smallest absolute Gasteiger partial charge is 0.251 e. The number of hydrogen-bond donors (Lipinski definition) is 2. The fourth-order valence-electron chi connectivity index (χ4n) is 10.5. The minimum absolute atomic E-state index is 0. The highest BCUT2D eigenvalue weighted by Crippen LogP contribution is 2.68. The molecule has 39 heavy (non-hydrogen) atoms. The molecule has 4 fully saturated rings. The maximum Gasteiger partial charge on any atom is 0.251 e. The van der Waals surface area contributed by atoms with Crippen molar-refractivity contribution in [1.82, 2.24) is 5.32 Å². The second kappa shape index (κ2) is 12.4. The van der Waals surface area contributed by atoms with Crippen LogP contribution in [0.25, 0.3) is 0 Å². The summed E-state index contributed by atoms with van der Waals surface area (Å²) in [7, 11) is 0. The SMILES string of the molecule is CC(C)CCC[C@@H](C)[C@H]1CC[C@H]2[C@@H]3CCC4CC(NC(=O)c5ccc(CN)cc5)CC[C@]4(C)[C@H]3CC[C@]12C.Cl. The van der Waals surface area contributed by atoms with Crippen LogP contribution in [0.5, 0.6) is 0 Å². The Morgan fingerprint density at radius 3 is 2.31 bits per heavy atom. The molecule has 1 amide bonds. The van der Waals surface area contributed by atoms with E-state index in [1.807, 2.05) is 24.3 Å². The zero-order valence-corrected chi connectivity index (χ0v) is 26.3. The number of benzene rings is 1. The van der Waals surface area contributed by atoms with E-state index in [1.165, 1.54) is 70.6 Å². The van der Waals surface area contributed by atoms with Crippen molar-refractivity contribution < 1.29 is 4.79 Å². The fourth-order valence-corrected chi connectivity index (χ4v) is 10.5. The third-order valence-corrected chi connectivity index (χ3v) is 12.7. The molecule has 4 aliphatic rings. The van der Waals surface area contributed by atoms with Gasteiger partial charge in [-0.3, -0.25) is 4.79 Å². The van der Waals surface area contributed by atoms with Crippen LogP contribution in [0.3, 0.4) is 0 Å². The molecule has 4 aliphatic carbocycles. The number of halogens is 1. The summed E-state index contributed by atoms with van der Waals surface area (Å²) < 4.78 is 0. The van der Waals surface area contributed by atoms with E-state index in [2.05, 4.69) is 39.9 Å². The lowest BCUT2D eigenvalue weighted by Crippen LogP contribution is -2.55. The second-order valence-corrected chi connectivity index (χ2v) is 15.0. The molecule has 9 atom stereocenters. The molecule has 0 saturated heterocycles. The molecular weight excluding hydrogens is 500 g/mol. The number of rotatable bonds is 8. The quantitative estimate of drug-likeness (QED) is 0.336. The van der Waals surface area contributed by atoms with Crippen LogP contribution in [-0.4, -0.2) is 11.9 Å². The Labute approximate surface area is 245 Å². The van der Waals surface area contributed by atoms with E-state index in [1.54, 1.807) is 0 Å². The predicted molar refractivity (Wildman–Crippen MR) is 166 cm³/mol. The van der Waals surface area contributed by atoms with Crippen molar-refractivity contribution >= 4 is 18.3 Å². The number of carbonyl (C=O) groups excluding carboxylic acids is 1. The van der Waals surface area contributed by atoms with Crippen LogP contribution in [0.15, 0.2) is 24.3 Å². The first-order valence-corrected chi connectivity index (χ1v) is 16.3. The van der Waals surface area contributed by atoms with E-state index >= 15 is 0 Å². The summed E-state index contributed by atoms with van der Waals surface area (Å²) in [5.41, 5.74) is 8.61. The zero-order chi connectivity index (χ0) is 27.1. The summed E-state index contributed by atoms with van der Waals surface area (Å²) in [6.45, 7) is 13.2. The Morgan fingerprint density at radius 1 is 0.923 bits per heavy atom. The lowest BCUT2D eigenvalue weighted by atomic mass is 9.44. The third-order valence-electron chi connectivity index (χ3n) is 12.7. The summed E-state index contributed by atoms with van der Waals surface area (Å²) in [4.78, 5) is 13.0. The molecule has 4 heteroatoms. The van der Waals surface area contributed by atoms with Gasteiger partial charge in [0.1, 0.15) is 0 Å². The lowest BCUT2D eigenvalue weighted by molar-refractivity contribution is -0.117. The molecule has 4 saturated carbocycles. The van der Waals surface area contributed by atoms with Crippen molar-refractivity contribution in [3.8, 4) is 0 Å². The van der Waals surface area contributed by atoms with Crippen LogP contribution >= 0.6 is 12.4 Å². The number of amides is 1. The van der Waals surface area contributed by atoms with Crippen molar-refractivity contribution in [3.05, 3.63) is 35.4 Å². The third kappa shape index (κ3) is 5.97. The molecule has 0 spiro atoms. The molecule has 0 heterocycles. The highest BCUT2D eigenvalue weighted by Gasteiger charge is 2.60. The van der Waals surface area contributed by atoms with Gasteiger partial charge in [0.15, 0.2) is 0 Å². The number of hydrogen-bond acceptors (Lipinski definition) is 2. The van der Waals surface area contributed by atoms with Crippen molar-refractivity contribution in [2.75, 3.05) is 0 Å². The minimum Gasteiger partial charge on any atom is -0.349 e. The van der Waals surface area contributed by atoms with Gasteiger partial charge in [0.05, 0.1) is 0 Å². The fraction of sp³-hybridized carbons (Fsp3) is 0.800. The van der Waals surface area contributed by atoms with E-state index in [4.69, 9.17) is 5.73 Å². The molecule has 0 aliphatic heterocycles. The zero-order valence-electron chi connectivity index (χ0n) is 25.5. The predicted octanol–water partition coefficient (Wildman–Crippen LogP) is 8.79. The Kier molecular flexibility index (Phi) is 9.85. The molecule has 3 N–H and O–H groups in total. The molecule has 3 nitrogen and oxygen atoms in total. The van der Waals surface area contributed by atoms with Crippen molar-refractivity contribution in [2.24, 2.45) is 58.0 Å². The minimum atomic E-state index is 0. The van der Waals surface area contributed by atoms with Crippen LogP contribution in [-0.2, 0) is 6.54 Å². The van der Waals surface area contributed by atoms with E-state index in [9.17, 15) is 4.79 Å². The number of nitrogens with one attached hydrogen (secondary N) is 1. The topological polar surface area (TPSA) is 55.1 Å². The number of fused-ring (bicyclic) bond motifs is 5. The van der Waals surface area contributed by atoms with Gasteiger partial charge >= 0.3 is 0 Å². The Hall–Kier alpha value is -1.06. The van der Waals surface area contributed by atoms with Crippen LogP contribution in [0.2, 0.25) is 0 Å². The van der Waals surface area contributed by atoms with Crippen LogP contribution < -0.4 is 11.1 Å². The van der Waals surface area contributed by atoms with Gasteiger partial charge in [0.2, 0.25) is 0 Å². The second-order valence-electron chi connectivity index (χ2n) is 15.0. The molecule has 1 aromatic carbocycles. The van der Waals surface area contributed by atoms with E-state index < -0.39 is 0 Å². The Bertz CT molecular complexity index is 962. The van der Waals surface area contributed by atoms with Gasteiger partial charge in [0, 0.05) is 18.2 Å². The van der Waals surface area contributed by atoms with Crippen LogP contribution in [0, 0.1) is 52.3 Å². The van der Waals surface area contributed by atoms with Crippen LogP contribution in [0.1, 0.15) is 128 Å². The van der Waals surface area contributed by atoms with E-state index in [0.29, 0.717) is 23.4 Å². The van der Waals surface area contributed by atoms with Crippen molar-refractivity contribution in [1.29, 1.82) is 0 Å². The summed E-state index contributed by atoms with van der Waals surface area (Å²) in [6, 6.07) is 8.13. The average Bonchev–Trinajstić information content (AvgIpc) is 3.26. The maximum atomic E-state index is 13.0. The van der Waals surface area contributed by atoms with Gasteiger partial charge in [-0.1, -0.05) is 66.0 Å². The standard InChI is InChI=1S/C35H56N2O.ClH/c1-23(2)7-6-8-24(3)30-15-16-31-29-14-13-27-21-28(37-33(38)26-11-9-25(22-36)10-12-26)17-19-34(27,4)32(29)18-20-35(30,31)5;/h9-12,23-24,27-32H,6-8,13-22,36H2,1-5H3,(H,37,38);1H/t24-,27?,28?,29+,30-,31+,32+,34+,35-;/m1./s1. The summed E-state index contributed by atoms with van der Waals surface area (Å²) in [6.07, 6.45) is 16.5. The van der Waals surface area contributed by atoms with Crippen molar-refractivity contribution in [3.63, 3.8) is 0 Å². The molecule has 5 rings (SSSR count). The Balaban J connectivity index is 0.00000353. The van der Waals surface area contributed by atoms with E-state index in [-0.39, 0.29) is 18.3 Å². The molecule has 0 bridgehead atoms. The summed E-state index contributed by atoms with van der Waals surface area (Å²) in [5, 5.41) is 3.41. The normalized spacial score (nSPS) is 38.2. The van der Waals surface area contributed by atoms with Gasteiger partial charge in [-0.15, -0.1) is 12.4 Å². The summed E-state index contributed by atoms with van der Waals surface area (Å²) in [5.74, 6) is 6.30. The average molecular weight is 557 g/mol. The van der Waals surface area contributed by atoms with Crippen molar-refractivity contribution in [2.45, 2.75) is 124 Å². The molecule has 2 unspecified atom stereocenters. The van der Waals surface area contributed by atoms with Gasteiger partial charge in [0.25, 0.3) is 5.91 Å². The monoisotopic (exact) mass is 556 g/mol. The first-order chi connectivity index (χ1) is 18.2. The number of carbonyl (C=O) groups is 1. The van der Waals surface area contributed by atoms with Gasteiger partial charge in [-0.25, -0.2) is 0 Å². The van der Waals surface area contributed by atoms with Gasteiger partial charge in [-0.2, -0.15) is 0 Å². The van der Waals surface area contributed by atoms with Crippen LogP contribution in [0.4, 0.5) is 0 Å². The Morgan fingerprint density at radius 2 is 1.62 bits per heavy atom. The molecule has 0 radical (unpaired) electrons.